The molecule has 3 aromatic heterocycles. The summed E-state index contributed by atoms with van der Waals surface area (Å²) in [4.78, 5) is 40.3. The summed E-state index contributed by atoms with van der Waals surface area (Å²) in [7, 11) is 0. The summed E-state index contributed by atoms with van der Waals surface area (Å²) in [6.07, 6.45) is 4.14. The molecule has 0 spiro atoms. The third kappa shape index (κ3) is 9.37. The van der Waals surface area contributed by atoms with Crippen molar-refractivity contribution in [3.63, 3.8) is 0 Å². The number of hydrogen-bond acceptors (Lipinski definition) is 6. The number of allylic oxidation sites excluding steroid dienone is 4. The zero-order valence-corrected chi connectivity index (χ0v) is 30.9. The number of nitrogens with zero attached hydrogens (tertiary/aromatic N) is 2. The molecule has 270 valence electrons. The average Bonchev–Trinajstić information content (AvgIpc) is 3.75. The lowest BCUT2D eigenvalue weighted by Gasteiger charge is -2.03. The van der Waals surface area contributed by atoms with E-state index in [0.29, 0.717) is 31.7 Å². The van der Waals surface area contributed by atoms with E-state index in [1.54, 1.807) is 0 Å². The normalized spacial score (nSPS) is 12.4. The number of rotatable bonds is 10. The number of carbonyl (C=O) groups is 2. The van der Waals surface area contributed by atoms with Crippen molar-refractivity contribution in [2.24, 2.45) is 0 Å². The molecule has 2 aliphatic heterocycles. The third-order valence-electron chi connectivity index (χ3n) is 9.13. The van der Waals surface area contributed by atoms with Gasteiger partial charge in [-0.3, -0.25) is 9.59 Å². The summed E-state index contributed by atoms with van der Waals surface area (Å²) in [6.45, 7) is 17.0. The van der Waals surface area contributed by atoms with Gasteiger partial charge in [-0.1, -0.05) is 27.7 Å². The van der Waals surface area contributed by atoms with Crippen LogP contribution in [0.1, 0.15) is 125 Å². The van der Waals surface area contributed by atoms with E-state index < -0.39 is 11.9 Å². The molecule has 0 amide bonds. The molecule has 10 nitrogen and oxygen atoms in total. The molecule has 50 heavy (non-hydrogen) atoms. The van der Waals surface area contributed by atoms with Gasteiger partial charge in [-0.15, -0.1) is 0 Å². The summed E-state index contributed by atoms with van der Waals surface area (Å²) in [5.41, 5.74) is 15.4. The number of H-pyrrole nitrogens is 2. The molecule has 0 aromatic carbocycles. The first-order valence-corrected chi connectivity index (χ1v) is 17.6. The number of aromatic nitrogens is 4. The SMILES string of the molecule is CCC1=C(C)c2cc3[nH]c(cc4nc(cc5[nH]c(cc1n2)c(C)c5CCC(=O)O)C(CCC(=O)O)=C4C)c(C)c3CC.CCCO.CCCO. The number of hydrogen-bond donors (Lipinski definition) is 6. The van der Waals surface area contributed by atoms with Gasteiger partial charge >= 0.3 is 11.9 Å². The second kappa shape index (κ2) is 18.5. The Bertz CT molecular complexity index is 1920. The van der Waals surface area contributed by atoms with Crippen LogP contribution in [0.5, 0.6) is 0 Å². The summed E-state index contributed by atoms with van der Waals surface area (Å²) in [5.74, 6) is -1.72. The summed E-state index contributed by atoms with van der Waals surface area (Å²) in [6, 6.07) is 8.19. The fourth-order valence-electron chi connectivity index (χ4n) is 6.22. The van der Waals surface area contributed by atoms with Crippen molar-refractivity contribution in [1.82, 2.24) is 19.9 Å². The molecule has 2 aliphatic rings. The van der Waals surface area contributed by atoms with Crippen LogP contribution >= 0.6 is 0 Å². The number of fused-ring (bicyclic) bond motifs is 8. The van der Waals surface area contributed by atoms with Crippen LogP contribution in [0.4, 0.5) is 0 Å². The summed E-state index contributed by atoms with van der Waals surface area (Å²) < 4.78 is 0. The molecule has 8 bridgehead atoms. The highest BCUT2D eigenvalue weighted by Gasteiger charge is 2.21. The lowest BCUT2D eigenvalue weighted by atomic mass is 10.00. The summed E-state index contributed by atoms with van der Waals surface area (Å²) >= 11 is 0. The van der Waals surface area contributed by atoms with Crippen molar-refractivity contribution in [3.8, 4) is 0 Å². The van der Waals surface area contributed by atoms with E-state index >= 15 is 0 Å². The highest BCUT2D eigenvalue weighted by Crippen LogP contribution is 2.36. The number of aliphatic carboxylic acids is 2. The molecule has 0 radical (unpaired) electrons. The fourth-order valence-corrected chi connectivity index (χ4v) is 6.22. The Hall–Kier alpha value is -4.54. The molecule has 0 fully saturated rings. The van der Waals surface area contributed by atoms with Gasteiger partial charge in [-0.05, 0) is 135 Å². The number of aromatic amines is 2. The van der Waals surface area contributed by atoms with Crippen LogP contribution in [0.25, 0.3) is 44.4 Å². The van der Waals surface area contributed by atoms with E-state index in [1.165, 1.54) is 11.1 Å². The van der Waals surface area contributed by atoms with Gasteiger partial charge in [0.15, 0.2) is 0 Å². The molecular weight excluding hydrogens is 632 g/mol. The van der Waals surface area contributed by atoms with Crippen LogP contribution < -0.4 is 0 Å². The standard InChI is InChI=1S/C34H38N4O4.2C3H8O/c1-7-21-17(3)25-13-26-19(5)23(9-11-33(39)40)31(37-26)16-32-24(10-12-34(41)42)20(6)28(38-32)15-30-22(8-2)18(4)27(36-30)14-29(21)35-25;2*1-2-3-4/h13-16,35,38H,7-12H2,1-6H3,(H,39,40)(H,41,42);2*4H,2-3H2,1H3. The third-order valence-corrected chi connectivity index (χ3v) is 9.13. The number of aliphatic hydroxyl groups is 2. The largest absolute Gasteiger partial charge is 0.481 e. The molecule has 0 atom stereocenters. The number of carboxylic acids is 2. The van der Waals surface area contributed by atoms with Gasteiger partial charge in [-0.25, -0.2) is 9.97 Å². The molecule has 0 aliphatic carbocycles. The average molecular weight is 687 g/mol. The van der Waals surface area contributed by atoms with Gasteiger partial charge in [0.2, 0.25) is 0 Å². The molecular formula is C40H54N4O6. The maximum Gasteiger partial charge on any atom is 0.303 e. The van der Waals surface area contributed by atoms with Crippen LogP contribution in [0.3, 0.4) is 0 Å². The predicted molar refractivity (Wildman–Crippen MR) is 203 cm³/mol. The Balaban J connectivity index is 0.000000764. The Kier molecular flexibility index (Phi) is 14.7. The first kappa shape index (κ1) is 39.9. The quantitative estimate of drug-likeness (QED) is 0.123. The van der Waals surface area contributed by atoms with Crippen LogP contribution in [0.15, 0.2) is 24.3 Å². The fraction of sp³-hybridized carbons (Fsp3) is 0.450. The van der Waals surface area contributed by atoms with Crippen molar-refractivity contribution in [3.05, 3.63) is 69.3 Å². The van der Waals surface area contributed by atoms with Gasteiger partial charge in [0.05, 0.1) is 22.8 Å². The van der Waals surface area contributed by atoms with E-state index in [9.17, 15) is 19.8 Å². The second-order valence-corrected chi connectivity index (χ2v) is 12.6. The highest BCUT2D eigenvalue weighted by atomic mass is 16.4. The molecule has 10 heteroatoms. The van der Waals surface area contributed by atoms with Crippen molar-refractivity contribution < 1.29 is 30.0 Å². The van der Waals surface area contributed by atoms with Gasteiger partial charge in [-0.2, -0.15) is 0 Å². The minimum absolute atomic E-state index is 0.00162. The second-order valence-electron chi connectivity index (χ2n) is 12.6. The van der Waals surface area contributed by atoms with E-state index in [-0.39, 0.29) is 12.8 Å². The van der Waals surface area contributed by atoms with Crippen molar-refractivity contribution in [1.29, 1.82) is 0 Å². The zero-order chi connectivity index (χ0) is 37.1. The van der Waals surface area contributed by atoms with Crippen molar-refractivity contribution in [2.45, 2.75) is 107 Å². The van der Waals surface area contributed by atoms with Crippen molar-refractivity contribution >= 4 is 56.3 Å². The van der Waals surface area contributed by atoms with Crippen LogP contribution in [0.2, 0.25) is 0 Å². The Morgan fingerprint density at radius 2 is 0.980 bits per heavy atom. The maximum absolute atomic E-state index is 11.5. The molecule has 0 saturated heterocycles. The minimum Gasteiger partial charge on any atom is -0.481 e. The predicted octanol–water partition coefficient (Wildman–Crippen LogP) is 8.42. The smallest absolute Gasteiger partial charge is 0.303 e. The monoisotopic (exact) mass is 686 g/mol. The van der Waals surface area contributed by atoms with Crippen molar-refractivity contribution in [2.75, 3.05) is 13.2 Å². The van der Waals surface area contributed by atoms with E-state index in [2.05, 4.69) is 49.8 Å². The first-order valence-electron chi connectivity index (χ1n) is 17.6. The molecule has 6 N–H and O–H groups in total. The highest BCUT2D eigenvalue weighted by molar-refractivity contribution is 5.95. The van der Waals surface area contributed by atoms with Gasteiger partial charge in [0, 0.05) is 48.1 Å². The summed E-state index contributed by atoms with van der Waals surface area (Å²) in [5, 5.41) is 34.7. The number of aliphatic hydroxyl groups excluding tert-OH is 2. The van der Waals surface area contributed by atoms with Crippen LogP contribution in [-0.4, -0.2) is 65.5 Å². The van der Waals surface area contributed by atoms with E-state index in [0.717, 1.165) is 98.2 Å². The van der Waals surface area contributed by atoms with E-state index in [1.807, 2.05) is 39.8 Å². The molecule has 5 heterocycles. The topological polar surface area (TPSA) is 172 Å². The Labute approximate surface area is 295 Å². The number of carboxylic acid groups (broad SMARTS) is 2. The van der Waals surface area contributed by atoms with Crippen LogP contribution in [0, 0.1) is 13.8 Å². The molecule has 3 aromatic rings. The zero-order valence-electron chi connectivity index (χ0n) is 30.9. The number of aryl methyl sites for hydroxylation is 4. The first-order chi connectivity index (χ1) is 23.8. The molecule has 5 rings (SSSR count). The maximum atomic E-state index is 11.5. The van der Waals surface area contributed by atoms with Crippen LogP contribution in [-0.2, 0) is 22.4 Å². The number of nitrogens with one attached hydrogen (secondary N) is 2. The molecule has 0 saturated carbocycles. The molecule has 0 unspecified atom stereocenters. The van der Waals surface area contributed by atoms with Gasteiger partial charge in [0.25, 0.3) is 0 Å². The lowest BCUT2D eigenvalue weighted by Crippen LogP contribution is -1.98. The van der Waals surface area contributed by atoms with E-state index in [4.69, 9.17) is 20.2 Å². The minimum atomic E-state index is -0.864. The van der Waals surface area contributed by atoms with Gasteiger partial charge in [0.1, 0.15) is 0 Å². The Morgan fingerprint density at radius 3 is 1.46 bits per heavy atom. The lowest BCUT2D eigenvalue weighted by molar-refractivity contribution is -0.137. The van der Waals surface area contributed by atoms with Gasteiger partial charge < -0.3 is 30.4 Å². The Morgan fingerprint density at radius 1 is 0.580 bits per heavy atom.